The van der Waals surface area contributed by atoms with Gasteiger partial charge in [0.25, 0.3) is 11.7 Å². The van der Waals surface area contributed by atoms with Crippen molar-refractivity contribution >= 4 is 17.4 Å². The van der Waals surface area contributed by atoms with Gasteiger partial charge in [-0.1, -0.05) is 12.1 Å². The molecule has 166 valence electrons. The van der Waals surface area contributed by atoms with E-state index in [0.717, 1.165) is 16.9 Å². The molecule has 2 aliphatic heterocycles. The Morgan fingerprint density at radius 2 is 1.82 bits per heavy atom. The van der Waals surface area contributed by atoms with Crippen LogP contribution in [0.2, 0.25) is 0 Å². The van der Waals surface area contributed by atoms with E-state index in [0.29, 0.717) is 17.5 Å². The van der Waals surface area contributed by atoms with Crippen LogP contribution < -0.4 is 4.74 Å². The Labute approximate surface area is 190 Å². The van der Waals surface area contributed by atoms with E-state index in [2.05, 4.69) is 4.98 Å². The second-order valence-electron chi connectivity index (χ2n) is 8.33. The lowest BCUT2D eigenvalue weighted by atomic mass is 9.94. The van der Waals surface area contributed by atoms with Crippen molar-refractivity contribution in [1.82, 2.24) is 9.88 Å². The van der Waals surface area contributed by atoms with Crippen LogP contribution in [0.3, 0.4) is 0 Å². The Bertz CT molecular complexity index is 1270. The number of ketones is 1. The summed E-state index contributed by atoms with van der Waals surface area (Å²) in [6.45, 7) is 2.14. The summed E-state index contributed by atoms with van der Waals surface area (Å²) in [6, 6.07) is 14.3. The second-order valence-corrected chi connectivity index (χ2v) is 8.33. The predicted octanol–water partition coefficient (Wildman–Crippen LogP) is 3.73. The van der Waals surface area contributed by atoms with Crippen molar-refractivity contribution in [3.8, 4) is 11.5 Å². The fourth-order valence-corrected chi connectivity index (χ4v) is 4.46. The third-order valence-corrected chi connectivity index (χ3v) is 6.02. The number of aromatic hydroxyl groups is 1. The number of hydrogen-bond acceptors (Lipinski definition) is 6. The summed E-state index contributed by atoms with van der Waals surface area (Å²) in [6.07, 6.45) is 3.98. The van der Waals surface area contributed by atoms with Crippen LogP contribution in [0.25, 0.3) is 5.76 Å². The Morgan fingerprint density at radius 3 is 2.55 bits per heavy atom. The van der Waals surface area contributed by atoms with Crippen molar-refractivity contribution in [1.29, 1.82) is 0 Å². The fourth-order valence-electron chi connectivity index (χ4n) is 4.46. The monoisotopic (exact) mass is 442 g/mol. The molecule has 7 heteroatoms. The summed E-state index contributed by atoms with van der Waals surface area (Å²) in [5.74, 6) is -0.842. The summed E-state index contributed by atoms with van der Waals surface area (Å²) in [4.78, 5) is 31.7. The van der Waals surface area contributed by atoms with Crippen molar-refractivity contribution in [3.05, 3.63) is 94.8 Å². The maximum Gasteiger partial charge on any atom is 0.295 e. The van der Waals surface area contributed by atoms with Gasteiger partial charge in [-0.3, -0.25) is 14.6 Å². The standard InChI is InChI=1S/C26H22N2O5/c1-15-12-19-13-18(4-7-21(19)33-15)24(30)22-23(17-2-5-20(29)6-3-17)28(26(32)25(22)31)14-16-8-10-27-11-9-16/h2-11,13,15,23,29-30H,12,14H2,1H3. The van der Waals surface area contributed by atoms with E-state index in [9.17, 15) is 19.8 Å². The highest BCUT2D eigenvalue weighted by Crippen LogP contribution is 2.41. The van der Waals surface area contributed by atoms with Gasteiger partial charge in [-0.2, -0.15) is 0 Å². The van der Waals surface area contributed by atoms with E-state index in [1.807, 2.05) is 6.92 Å². The van der Waals surface area contributed by atoms with Crippen LogP contribution in [0.15, 0.2) is 72.6 Å². The van der Waals surface area contributed by atoms with E-state index in [1.54, 1.807) is 54.9 Å². The molecule has 2 aliphatic rings. The number of aromatic nitrogens is 1. The van der Waals surface area contributed by atoms with Gasteiger partial charge in [0.05, 0.1) is 11.6 Å². The number of carbonyl (C=O) groups excluding carboxylic acids is 2. The Balaban J connectivity index is 1.62. The molecule has 1 fully saturated rings. The number of phenols is 1. The maximum atomic E-state index is 13.2. The lowest BCUT2D eigenvalue weighted by Crippen LogP contribution is -2.29. The van der Waals surface area contributed by atoms with E-state index in [1.165, 1.54) is 17.0 Å². The largest absolute Gasteiger partial charge is 0.508 e. The van der Waals surface area contributed by atoms with Crippen molar-refractivity contribution in [2.45, 2.75) is 32.0 Å². The number of pyridine rings is 1. The van der Waals surface area contributed by atoms with Gasteiger partial charge in [-0.05, 0) is 66.1 Å². The fraction of sp³-hybridized carbons (Fsp3) is 0.192. The molecule has 1 saturated heterocycles. The van der Waals surface area contributed by atoms with Crippen LogP contribution in [-0.4, -0.2) is 37.9 Å². The molecule has 2 unspecified atom stereocenters. The summed E-state index contributed by atoms with van der Waals surface area (Å²) in [5.41, 5.74) is 2.84. The number of likely N-dealkylation sites (tertiary alicyclic amines) is 1. The predicted molar refractivity (Wildman–Crippen MR) is 120 cm³/mol. The number of rotatable bonds is 4. The quantitative estimate of drug-likeness (QED) is 0.363. The molecule has 0 aliphatic carbocycles. The minimum Gasteiger partial charge on any atom is -0.508 e. The molecule has 7 nitrogen and oxygen atoms in total. The average Bonchev–Trinajstić information content (AvgIpc) is 3.31. The zero-order chi connectivity index (χ0) is 23.1. The smallest absolute Gasteiger partial charge is 0.295 e. The van der Waals surface area contributed by atoms with Gasteiger partial charge in [0, 0.05) is 30.9 Å². The van der Waals surface area contributed by atoms with Crippen LogP contribution >= 0.6 is 0 Å². The molecule has 2 aromatic carbocycles. The molecule has 3 heterocycles. The van der Waals surface area contributed by atoms with E-state index < -0.39 is 17.7 Å². The van der Waals surface area contributed by atoms with Crippen molar-refractivity contribution in [3.63, 3.8) is 0 Å². The Morgan fingerprint density at radius 1 is 1.09 bits per heavy atom. The van der Waals surface area contributed by atoms with Gasteiger partial charge in [0.2, 0.25) is 0 Å². The molecule has 0 bridgehead atoms. The lowest BCUT2D eigenvalue weighted by Gasteiger charge is -2.25. The number of benzene rings is 2. The van der Waals surface area contributed by atoms with Gasteiger partial charge >= 0.3 is 0 Å². The molecular weight excluding hydrogens is 420 g/mol. The molecule has 0 radical (unpaired) electrons. The molecule has 2 atom stereocenters. The number of phenolic OH excluding ortho intramolecular Hbond substituents is 1. The number of fused-ring (bicyclic) bond motifs is 1. The Hall–Kier alpha value is -4.13. The van der Waals surface area contributed by atoms with E-state index in [-0.39, 0.29) is 29.7 Å². The molecular formula is C26H22N2O5. The third-order valence-electron chi connectivity index (χ3n) is 6.02. The van der Waals surface area contributed by atoms with Crippen LogP contribution in [-0.2, 0) is 22.6 Å². The molecule has 1 amide bonds. The van der Waals surface area contributed by atoms with Crippen molar-refractivity contribution in [2.24, 2.45) is 0 Å². The number of aliphatic hydroxyl groups is 1. The van der Waals surface area contributed by atoms with Crippen LogP contribution in [0.4, 0.5) is 0 Å². The van der Waals surface area contributed by atoms with E-state index in [4.69, 9.17) is 4.74 Å². The van der Waals surface area contributed by atoms with Gasteiger partial charge in [0.15, 0.2) is 0 Å². The molecule has 0 spiro atoms. The molecule has 33 heavy (non-hydrogen) atoms. The van der Waals surface area contributed by atoms with Crippen molar-refractivity contribution < 1.29 is 24.5 Å². The molecule has 5 rings (SSSR count). The minimum atomic E-state index is -0.804. The summed E-state index contributed by atoms with van der Waals surface area (Å²) in [5, 5.41) is 21.0. The number of Topliss-reactive ketones (excluding diaryl/α,β-unsaturated/α-hetero) is 1. The number of aliphatic hydroxyl groups excluding tert-OH is 1. The molecule has 0 saturated carbocycles. The first-order chi connectivity index (χ1) is 15.9. The molecule has 3 aromatic rings. The summed E-state index contributed by atoms with van der Waals surface area (Å²) < 4.78 is 5.73. The van der Waals surface area contributed by atoms with Gasteiger partial charge in [0.1, 0.15) is 23.4 Å². The molecule has 2 N–H and O–H groups in total. The zero-order valence-electron chi connectivity index (χ0n) is 17.9. The average molecular weight is 442 g/mol. The maximum absolute atomic E-state index is 13.2. The molecule has 1 aromatic heterocycles. The Kier molecular flexibility index (Phi) is 5.09. The van der Waals surface area contributed by atoms with Gasteiger partial charge < -0.3 is 19.8 Å². The number of nitrogens with zero attached hydrogens (tertiary/aromatic N) is 2. The zero-order valence-corrected chi connectivity index (χ0v) is 17.9. The van der Waals surface area contributed by atoms with Crippen LogP contribution in [0, 0.1) is 0 Å². The minimum absolute atomic E-state index is 0.0201. The summed E-state index contributed by atoms with van der Waals surface area (Å²) >= 11 is 0. The second kappa shape index (κ2) is 8.09. The highest BCUT2D eigenvalue weighted by molar-refractivity contribution is 6.46. The topological polar surface area (TPSA) is 100.0 Å². The van der Waals surface area contributed by atoms with Crippen LogP contribution in [0.1, 0.15) is 35.2 Å². The first kappa shape index (κ1) is 20.8. The highest BCUT2D eigenvalue weighted by Gasteiger charge is 2.46. The third kappa shape index (κ3) is 3.71. The van der Waals surface area contributed by atoms with Crippen LogP contribution in [0.5, 0.6) is 11.5 Å². The lowest BCUT2D eigenvalue weighted by molar-refractivity contribution is -0.140. The van der Waals surface area contributed by atoms with Crippen molar-refractivity contribution in [2.75, 3.05) is 0 Å². The number of ether oxygens (including phenoxy) is 1. The highest BCUT2D eigenvalue weighted by atomic mass is 16.5. The normalized spacial score (nSPS) is 21.2. The first-order valence-electron chi connectivity index (χ1n) is 10.7. The van der Waals surface area contributed by atoms with E-state index >= 15 is 0 Å². The number of amides is 1. The summed E-state index contributed by atoms with van der Waals surface area (Å²) in [7, 11) is 0. The number of hydrogen-bond donors (Lipinski definition) is 2. The van der Waals surface area contributed by atoms with Gasteiger partial charge in [-0.25, -0.2) is 0 Å². The first-order valence-corrected chi connectivity index (χ1v) is 10.7. The SMILES string of the molecule is CC1Cc2cc(C(O)=C3C(=O)C(=O)N(Cc4ccncc4)C3c3ccc(O)cc3)ccc2O1. The number of carbonyl (C=O) groups is 2. The van der Waals surface area contributed by atoms with Gasteiger partial charge in [-0.15, -0.1) is 0 Å².